The van der Waals surface area contributed by atoms with E-state index in [9.17, 15) is 0 Å². The minimum atomic E-state index is 0.823. The Morgan fingerprint density at radius 1 is 1.18 bits per heavy atom. The van der Waals surface area contributed by atoms with Gasteiger partial charge in [0.25, 0.3) is 0 Å². The van der Waals surface area contributed by atoms with Crippen molar-refractivity contribution in [1.29, 1.82) is 0 Å². The molecule has 1 heterocycles. The van der Waals surface area contributed by atoms with Crippen LogP contribution < -0.4 is 5.32 Å². The highest BCUT2D eigenvalue weighted by Gasteiger charge is 1.98. The van der Waals surface area contributed by atoms with Crippen molar-refractivity contribution in [1.82, 2.24) is 9.78 Å². The topological polar surface area (TPSA) is 29.9 Å². The van der Waals surface area contributed by atoms with Gasteiger partial charge in [-0.3, -0.25) is 4.68 Å². The quantitative estimate of drug-likeness (QED) is 0.853. The molecule has 0 saturated heterocycles. The molecule has 0 aliphatic heterocycles. The van der Waals surface area contributed by atoms with Crippen molar-refractivity contribution in [3.05, 3.63) is 47.7 Å². The van der Waals surface area contributed by atoms with E-state index >= 15 is 0 Å². The van der Waals surface area contributed by atoms with Crippen molar-refractivity contribution >= 4 is 5.82 Å². The maximum atomic E-state index is 4.44. The van der Waals surface area contributed by atoms with Crippen molar-refractivity contribution in [2.24, 2.45) is 0 Å². The third-order valence-corrected chi connectivity index (χ3v) is 2.69. The van der Waals surface area contributed by atoms with Crippen LogP contribution in [0, 0.1) is 6.92 Å². The SMILES string of the molecule is CCCn1ccc(NCc2ccc(C)cc2)n1. The number of rotatable bonds is 5. The summed E-state index contributed by atoms with van der Waals surface area (Å²) in [6.45, 7) is 6.06. The number of aromatic nitrogens is 2. The van der Waals surface area contributed by atoms with Gasteiger partial charge in [0.1, 0.15) is 5.82 Å². The lowest BCUT2D eigenvalue weighted by Crippen LogP contribution is -2.02. The fourth-order valence-electron chi connectivity index (χ4n) is 1.71. The molecule has 0 fully saturated rings. The number of nitrogens with zero attached hydrogens (tertiary/aromatic N) is 2. The van der Waals surface area contributed by atoms with Crippen molar-refractivity contribution < 1.29 is 0 Å². The van der Waals surface area contributed by atoms with Crippen molar-refractivity contribution in [2.75, 3.05) is 5.32 Å². The average molecular weight is 229 g/mol. The molecule has 17 heavy (non-hydrogen) atoms. The first-order valence-corrected chi connectivity index (χ1v) is 6.11. The molecule has 3 heteroatoms. The lowest BCUT2D eigenvalue weighted by atomic mass is 10.1. The molecule has 90 valence electrons. The first-order valence-electron chi connectivity index (χ1n) is 6.11. The number of anilines is 1. The molecule has 2 rings (SSSR count). The van der Waals surface area contributed by atoms with Crippen LogP contribution in [0.2, 0.25) is 0 Å². The highest BCUT2D eigenvalue weighted by atomic mass is 15.3. The van der Waals surface area contributed by atoms with E-state index in [1.807, 2.05) is 16.9 Å². The van der Waals surface area contributed by atoms with Gasteiger partial charge in [0.15, 0.2) is 0 Å². The van der Waals surface area contributed by atoms with Crippen LogP contribution in [0.15, 0.2) is 36.5 Å². The minimum absolute atomic E-state index is 0.823. The molecule has 2 aromatic rings. The predicted molar refractivity (Wildman–Crippen MR) is 71.0 cm³/mol. The molecule has 0 aliphatic carbocycles. The molecule has 0 atom stereocenters. The van der Waals surface area contributed by atoms with E-state index in [4.69, 9.17) is 0 Å². The third kappa shape index (κ3) is 3.34. The summed E-state index contributed by atoms with van der Waals surface area (Å²) >= 11 is 0. The number of hydrogen-bond donors (Lipinski definition) is 1. The van der Waals surface area contributed by atoms with E-state index < -0.39 is 0 Å². The fraction of sp³-hybridized carbons (Fsp3) is 0.357. The summed E-state index contributed by atoms with van der Waals surface area (Å²) in [6, 6.07) is 10.6. The van der Waals surface area contributed by atoms with E-state index in [0.29, 0.717) is 0 Å². The van der Waals surface area contributed by atoms with Gasteiger partial charge in [-0.15, -0.1) is 0 Å². The van der Waals surface area contributed by atoms with Crippen LogP contribution in [-0.2, 0) is 13.1 Å². The summed E-state index contributed by atoms with van der Waals surface area (Å²) in [7, 11) is 0. The first-order chi connectivity index (χ1) is 8.28. The van der Waals surface area contributed by atoms with Gasteiger partial charge >= 0.3 is 0 Å². The maximum Gasteiger partial charge on any atom is 0.148 e. The van der Waals surface area contributed by atoms with Gasteiger partial charge in [-0.1, -0.05) is 36.8 Å². The standard InChI is InChI=1S/C14H19N3/c1-3-9-17-10-8-14(16-17)15-11-13-6-4-12(2)5-7-13/h4-8,10H,3,9,11H2,1-2H3,(H,15,16). The normalized spacial score (nSPS) is 10.5. The Bertz CT molecular complexity index is 457. The molecule has 0 unspecified atom stereocenters. The predicted octanol–water partition coefficient (Wildman–Crippen LogP) is 3.21. The Hall–Kier alpha value is -1.77. The zero-order valence-electron chi connectivity index (χ0n) is 10.5. The van der Waals surface area contributed by atoms with E-state index in [2.05, 4.69) is 48.5 Å². The van der Waals surface area contributed by atoms with Crippen molar-refractivity contribution in [2.45, 2.75) is 33.4 Å². The summed E-state index contributed by atoms with van der Waals surface area (Å²) < 4.78 is 1.97. The molecule has 1 aromatic carbocycles. The Balaban J connectivity index is 1.90. The van der Waals surface area contributed by atoms with Gasteiger partial charge in [-0.2, -0.15) is 5.10 Å². The number of benzene rings is 1. The summed E-state index contributed by atoms with van der Waals surface area (Å²) in [6.07, 6.45) is 3.13. The fourth-order valence-corrected chi connectivity index (χ4v) is 1.71. The molecular weight excluding hydrogens is 210 g/mol. The molecule has 1 aromatic heterocycles. The molecule has 3 nitrogen and oxygen atoms in total. The van der Waals surface area contributed by atoms with Gasteiger partial charge < -0.3 is 5.32 Å². The zero-order valence-corrected chi connectivity index (χ0v) is 10.5. The molecule has 0 aliphatic rings. The van der Waals surface area contributed by atoms with Crippen molar-refractivity contribution in [3.63, 3.8) is 0 Å². The summed E-state index contributed by atoms with van der Waals surface area (Å²) in [5.74, 6) is 0.944. The van der Waals surface area contributed by atoms with Gasteiger partial charge in [0, 0.05) is 25.4 Å². The second-order valence-electron chi connectivity index (χ2n) is 4.30. The molecule has 0 radical (unpaired) electrons. The largest absolute Gasteiger partial charge is 0.365 e. The van der Waals surface area contributed by atoms with E-state index in [-0.39, 0.29) is 0 Å². The highest BCUT2D eigenvalue weighted by Crippen LogP contribution is 2.08. The summed E-state index contributed by atoms with van der Waals surface area (Å²) in [5, 5.41) is 7.77. The van der Waals surface area contributed by atoms with Crippen molar-refractivity contribution in [3.8, 4) is 0 Å². The Kier molecular flexibility index (Phi) is 3.81. The maximum absolute atomic E-state index is 4.44. The molecular formula is C14H19N3. The Morgan fingerprint density at radius 3 is 2.65 bits per heavy atom. The van der Waals surface area contributed by atoms with Gasteiger partial charge in [-0.25, -0.2) is 0 Å². The number of aryl methyl sites for hydroxylation is 2. The molecule has 0 amide bonds. The monoisotopic (exact) mass is 229 g/mol. The summed E-state index contributed by atoms with van der Waals surface area (Å²) in [5.41, 5.74) is 2.57. The average Bonchev–Trinajstić information content (AvgIpc) is 2.77. The second-order valence-corrected chi connectivity index (χ2v) is 4.30. The molecule has 0 saturated carbocycles. The van der Waals surface area contributed by atoms with E-state index in [1.165, 1.54) is 11.1 Å². The molecule has 0 spiro atoms. The van der Waals surface area contributed by atoms with Gasteiger partial charge in [0.05, 0.1) is 0 Å². The van der Waals surface area contributed by atoms with Crippen LogP contribution in [0.4, 0.5) is 5.82 Å². The van der Waals surface area contributed by atoms with Crippen LogP contribution in [0.1, 0.15) is 24.5 Å². The van der Waals surface area contributed by atoms with Gasteiger partial charge in [0.2, 0.25) is 0 Å². The zero-order chi connectivity index (χ0) is 12.1. The molecule has 1 N–H and O–H groups in total. The Morgan fingerprint density at radius 2 is 1.94 bits per heavy atom. The van der Waals surface area contributed by atoms with Crippen LogP contribution in [0.5, 0.6) is 0 Å². The van der Waals surface area contributed by atoms with Crippen LogP contribution >= 0.6 is 0 Å². The Labute approximate surface area is 102 Å². The highest BCUT2D eigenvalue weighted by molar-refractivity contribution is 5.34. The minimum Gasteiger partial charge on any atom is -0.365 e. The second kappa shape index (κ2) is 5.53. The van der Waals surface area contributed by atoms with Gasteiger partial charge in [-0.05, 0) is 18.9 Å². The lowest BCUT2D eigenvalue weighted by Gasteiger charge is -2.03. The molecule has 0 bridgehead atoms. The smallest absolute Gasteiger partial charge is 0.148 e. The first kappa shape index (κ1) is 11.7. The van der Waals surface area contributed by atoms with Crippen LogP contribution in [0.25, 0.3) is 0 Å². The van der Waals surface area contributed by atoms with Crippen LogP contribution in [0.3, 0.4) is 0 Å². The van der Waals surface area contributed by atoms with Crippen LogP contribution in [-0.4, -0.2) is 9.78 Å². The van der Waals surface area contributed by atoms with E-state index in [1.54, 1.807) is 0 Å². The summed E-state index contributed by atoms with van der Waals surface area (Å²) in [4.78, 5) is 0. The van der Waals surface area contributed by atoms with E-state index in [0.717, 1.165) is 25.3 Å². The number of hydrogen-bond acceptors (Lipinski definition) is 2. The number of nitrogens with one attached hydrogen (secondary N) is 1. The lowest BCUT2D eigenvalue weighted by molar-refractivity contribution is 0.604. The third-order valence-electron chi connectivity index (χ3n) is 2.69.